The number of likely N-dealkylation sites (N-methyl/N-ethyl adjacent to an activating group) is 1. The van der Waals surface area contributed by atoms with Gasteiger partial charge in [0.15, 0.2) is 5.60 Å². The lowest BCUT2D eigenvalue weighted by molar-refractivity contribution is -0.890. The molecule has 2 heterocycles. The highest BCUT2D eigenvalue weighted by molar-refractivity contribution is 5.85. The van der Waals surface area contributed by atoms with Crippen LogP contribution in [-0.2, 0) is 15.1 Å². The first-order chi connectivity index (χ1) is 12.0. The molecule has 4 heteroatoms. The van der Waals surface area contributed by atoms with Crippen LogP contribution in [-0.4, -0.2) is 47.8 Å². The van der Waals surface area contributed by atoms with Gasteiger partial charge in [-0.05, 0) is 11.1 Å². The largest absolute Gasteiger partial charge is 0.450 e. The summed E-state index contributed by atoms with van der Waals surface area (Å²) in [5, 5.41) is 11.5. The summed E-state index contributed by atoms with van der Waals surface area (Å²) in [6.45, 7) is 2.91. The molecule has 2 aromatic carbocycles. The first kappa shape index (κ1) is 16.3. The summed E-state index contributed by atoms with van der Waals surface area (Å²) in [7, 11) is 2.21. The highest BCUT2D eigenvalue weighted by atomic mass is 16.6. The van der Waals surface area contributed by atoms with E-state index in [0.29, 0.717) is 11.1 Å². The Kier molecular flexibility index (Phi) is 3.71. The smallest absolute Gasteiger partial charge is 0.348 e. The van der Waals surface area contributed by atoms with Gasteiger partial charge in [0, 0.05) is 12.8 Å². The van der Waals surface area contributed by atoms with E-state index in [1.807, 2.05) is 36.4 Å². The minimum Gasteiger partial charge on any atom is -0.450 e. The summed E-state index contributed by atoms with van der Waals surface area (Å²) in [4.78, 5) is 13.2. The van der Waals surface area contributed by atoms with Crippen LogP contribution in [0.5, 0.6) is 0 Å². The third-order valence-electron chi connectivity index (χ3n) is 5.87. The maximum atomic E-state index is 13.2. The molecule has 2 bridgehead atoms. The molecule has 2 aromatic rings. The van der Waals surface area contributed by atoms with Crippen molar-refractivity contribution in [2.24, 2.45) is 0 Å². The van der Waals surface area contributed by atoms with Gasteiger partial charge in [-0.25, -0.2) is 4.79 Å². The van der Waals surface area contributed by atoms with E-state index in [1.165, 1.54) is 0 Å². The van der Waals surface area contributed by atoms with Gasteiger partial charge in [-0.15, -0.1) is 0 Å². The summed E-state index contributed by atoms with van der Waals surface area (Å²) in [5.41, 5.74) is -1.14. The SMILES string of the molecule is C[N+]12CCC(OC(=O)C(O)(c3ccccc3)c3ccccc3)(CC1)C2. The van der Waals surface area contributed by atoms with Crippen LogP contribution in [0.25, 0.3) is 0 Å². The number of ether oxygens (including phenoxy) is 1. The average molecular weight is 338 g/mol. The molecule has 2 aliphatic rings. The Labute approximate surface area is 148 Å². The fourth-order valence-corrected chi connectivity index (χ4v) is 4.36. The van der Waals surface area contributed by atoms with E-state index in [2.05, 4.69) is 7.05 Å². The van der Waals surface area contributed by atoms with Crippen LogP contribution in [0.1, 0.15) is 24.0 Å². The molecule has 25 heavy (non-hydrogen) atoms. The van der Waals surface area contributed by atoms with E-state index in [4.69, 9.17) is 4.74 Å². The van der Waals surface area contributed by atoms with Gasteiger partial charge in [-0.3, -0.25) is 0 Å². The normalized spacial score (nSPS) is 28.1. The maximum Gasteiger partial charge on any atom is 0.348 e. The summed E-state index contributed by atoms with van der Waals surface area (Å²) < 4.78 is 6.99. The number of piperidine rings is 1. The van der Waals surface area contributed by atoms with E-state index >= 15 is 0 Å². The molecule has 0 aliphatic carbocycles. The molecule has 0 unspecified atom stereocenters. The van der Waals surface area contributed by atoms with E-state index < -0.39 is 17.2 Å². The van der Waals surface area contributed by atoms with Crippen LogP contribution in [0.15, 0.2) is 60.7 Å². The van der Waals surface area contributed by atoms with Gasteiger partial charge in [-0.1, -0.05) is 60.7 Å². The number of hydrogen-bond donors (Lipinski definition) is 1. The first-order valence-corrected chi connectivity index (χ1v) is 8.86. The van der Waals surface area contributed by atoms with Gasteiger partial charge < -0.3 is 14.3 Å². The Bertz CT molecular complexity index is 725. The standard InChI is InChI=1S/C21H24NO3/c1-22-14-12-20(16-22,13-15-22)25-19(23)21(24,17-8-4-2-5-9-17)18-10-6-3-7-11-18/h2-11,24H,12-16H2,1H3/q+1. The van der Waals surface area contributed by atoms with Crippen molar-refractivity contribution in [1.82, 2.24) is 0 Å². The third-order valence-corrected chi connectivity index (χ3v) is 5.87. The monoisotopic (exact) mass is 338 g/mol. The molecule has 2 saturated heterocycles. The van der Waals surface area contributed by atoms with E-state index in [0.717, 1.165) is 37.0 Å². The average Bonchev–Trinajstić information content (AvgIpc) is 3.15. The number of hydrogen-bond acceptors (Lipinski definition) is 3. The summed E-state index contributed by atoms with van der Waals surface area (Å²) in [6.07, 6.45) is 1.74. The predicted octanol–water partition coefficient (Wildman–Crippen LogP) is 2.46. The minimum atomic E-state index is -1.79. The molecule has 2 aliphatic heterocycles. The zero-order chi connectivity index (χ0) is 17.5. The number of fused-ring (bicyclic) bond motifs is 2. The van der Waals surface area contributed by atoms with Crippen LogP contribution < -0.4 is 0 Å². The molecule has 0 spiro atoms. The van der Waals surface area contributed by atoms with Gasteiger partial charge in [0.05, 0.1) is 20.1 Å². The molecule has 130 valence electrons. The quantitative estimate of drug-likeness (QED) is 0.688. The molecule has 1 N–H and O–H groups in total. The zero-order valence-electron chi connectivity index (χ0n) is 14.5. The lowest BCUT2D eigenvalue weighted by Gasteiger charge is -2.31. The molecule has 0 radical (unpaired) electrons. The number of nitrogens with zero attached hydrogens (tertiary/aromatic N) is 1. The van der Waals surface area contributed by atoms with Crippen LogP contribution in [0, 0.1) is 0 Å². The molecule has 0 aromatic heterocycles. The van der Waals surface area contributed by atoms with Crippen LogP contribution in [0.4, 0.5) is 0 Å². The number of rotatable bonds is 4. The zero-order valence-corrected chi connectivity index (χ0v) is 14.5. The van der Waals surface area contributed by atoms with Crippen molar-refractivity contribution in [3.8, 4) is 0 Å². The highest BCUT2D eigenvalue weighted by Gasteiger charge is 2.58. The second-order valence-corrected chi connectivity index (χ2v) is 7.74. The third kappa shape index (κ3) is 2.66. The van der Waals surface area contributed by atoms with Crippen molar-refractivity contribution in [3.05, 3.63) is 71.8 Å². The van der Waals surface area contributed by atoms with Crippen molar-refractivity contribution in [1.29, 1.82) is 0 Å². The Morgan fingerprint density at radius 2 is 1.48 bits per heavy atom. The van der Waals surface area contributed by atoms with E-state index in [1.54, 1.807) is 24.3 Å². The maximum absolute atomic E-state index is 13.2. The summed E-state index contributed by atoms with van der Waals surface area (Å²) in [5.74, 6) is -0.569. The van der Waals surface area contributed by atoms with Gasteiger partial charge in [0.2, 0.25) is 5.60 Å². The Hall–Kier alpha value is -2.17. The second-order valence-electron chi connectivity index (χ2n) is 7.74. The van der Waals surface area contributed by atoms with Crippen molar-refractivity contribution in [2.45, 2.75) is 24.0 Å². The summed E-state index contributed by atoms with van der Waals surface area (Å²) >= 11 is 0. The number of benzene rings is 2. The molecule has 0 amide bonds. The molecule has 0 saturated carbocycles. The van der Waals surface area contributed by atoms with Crippen LogP contribution >= 0.6 is 0 Å². The van der Waals surface area contributed by atoms with Gasteiger partial charge >= 0.3 is 5.97 Å². The van der Waals surface area contributed by atoms with Gasteiger partial charge in [0.1, 0.15) is 6.54 Å². The van der Waals surface area contributed by atoms with Gasteiger partial charge in [0.25, 0.3) is 0 Å². The lowest BCUT2D eigenvalue weighted by atomic mass is 9.86. The number of carbonyl (C=O) groups excluding carboxylic acids is 1. The van der Waals surface area contributed by atoms with Crippen molar-refractivity contribution in [3.63, 3.8) is 0 Å². The Balaban J connectivity index is 1.71. The highest BCUT2D eigenvalue weighted by Crippen LogP contribution is 2.42. The van der Waals surface area contributed by atoms with Crippen molar-refractivity contribution >= 4 is 5.97 Å². The number of aliphatic hydroxyl groups is 1. The predicted molar refractivity (Wildman–Crippen MR) is 94.7 cm³/mol. The number of carbonyl (C=O) groups is 1. The Morgan fingerprint density at radius 3 is 1.88 bits per heavy atom. The fourth-order valence-electron chi connectivity index (χ4n) is 4.36. The summed E-state index contributed by atoms with van der Waals surface area (Å²) in [6, 6.07) is 18.1. The van der Waals surface area contributed by atoms with Crippen molar-refractivity contribution < 1.29 is 19.1 Å². The lowest BCUT2D eigenvalue weighted by Crippen LogP contribution is -2.45. The first-order valence-electron chi connectivity index (χ1n) is 8.86. The topological polar surface area (TPSA) is 46.5 Å². The van der Waals surface area contributed by atoms with Crippen LogP contribution in [0.3, 0.4) is 0 Å². The molecule has 4 rings (SSSR count). The molecular formula is C21H24NO3+. The van der Waals surface area contributed by atoms with Crippen molar-refractivity contribution in [2.75, 3.05) is 26.7 Å². The van der Waals surface area contributed by atoms with Crippen LogP contribution in [0.2, 0.25) is 0 Å². The number of quaternary nitrogens is 1. The molecular weight excluding hydrogens is 314 g/mol. The molecule has 2 fully saturated rings. The Morgan fingerprint density at radius 1 is 1.00 bits per heavy atom. The van der Waals surface area contributed by atoms with E-state index in [9.17, 15) is 9.90 Å². The number of esters is 1. The van der Waals surface area contributed by atoms with Gasteiger partial charge in [-0.2, -0.15) is 0 Å². The fraction of sp³-hybridized carbons (Fsp3) is 0.381. The van der Waals surface area contributed by atoms with E-state index in [-0.39, 0.29) is 0 Å². The molecule has 4 nitrogen and oxygen atoms in total. The minimum absolute atomic E-state index is 0.427. The molecule has 0 atom stereocenters. The second kappa shape index (κ2) is 5.68.